The van der Waals surface area contributed by atoms with Crippen LogP contribution in [-0.2, 0) is 0 Å². The second-order valence-corrected chi connectivity index (χ2v) is 9.97. The molecule has 0 saturated carbocycles. The summed E-state index contributed by atoms with van der Waals surface area (Å²) >= 11 is 20.9. The van der Waals surface area contributed by atoms with Crippen LogP contribution in [0.25, 0.3) is 9.97 Å². The van der Waals surface area contributed by atoms with Crippen molar-refractivity contribution < 1.29 is 0 Å². The lowest BCUT2D eigenvalue weighted by Gasteiger charge is -2.12. The summed E-state index contributed by atoms with van der Waals surface area (Å²) < 4.78 is 0.256. The number of hydrogen-bond donors (Lipinski definition) is 0. The quantitative estimate of drug-likeness (QED) is 0.390. The van der Waals surface area contributed by atoms with E-state index in [9.17, 15) is 0 Å². The van der Waals surface area contributed by atoms with E-state index in [-0.39, 0.29) is 7.47 Å². The van der Waals surface area contributed by atoms with Crippen LogP contribution in [0.4, 0.5) is 0 Å². The Morgan fingerprint density at radius 3 is 1.25 bits per heavy atom. The lowest BCUT2D eigenvalue weighted by molar-refractivity contribution is 1.26. The first-order valence-electron chi connectivity index (χ1n) is 4.12. The second-order valence-electron chi connectivity index (χ2n) is 2.93. The van der Waals surface area contributed by atoms with Crippen LogP contribution in [0.5, 0.6) is 0 Å². The van der Waals surface area contributed by atoms with E-state index < -0.39 is 0 Å². The molecule has 1 aromatic rings. The first-order chi connectivity index (χ1) is 7.51. The molecule has 0 spiro atoms. The van der Waals surface area contributed by atoms with Crippen LogP contribution in [0.2, 0.25) is 0 Å². The summed E-state index contributed by atoms with van der Waals surface area (Å²) in [5.41, 5.74) is 2.37. The van der Waals surface area contributed by atoms with Crippen LogP contribution in [0.15, 0.2) is 12.1 Å². The Labute approximate surface area is 145 Å². The summed E-state index contributed by atoms with van der Waals surface area (Å²) in [6, 6.07) is 4.25. The van der Waals surface area contributed by atoms with Gasteiger partial charge in [0.25, 0.3) is 0 Å². The van der Waals surface area contributed by atoms with Gasteiger partial charge in [-0.1, -0.05) is 95.6 Å². The average molecular weight is 606 g/mol. The van der Waals surface area contributed by atoms with Gasteiger partial charge in [0.15, 0.2) is 0 Å². The highest BCUT2D eigenvalue weighted by molar-refractivity contribution is 9.24. The van der Waals surface area contributed by atoms with Crippen molar-refractivity contribution in [3.05, 3.63) is 33.7 Å². The van der Waals surface area contributed by atoms with E-state index in [0.29, 0.717) is 0 Å². The largest absolute Gasteiger partial charge is 0.0950 e. The van der Waals surface area contributed by atoms with Gasteiger partial charge in [0.2, 0.25) is 0 Å². The van der Waals surface area contributed by atoms with Crippen molar-refractivity contribution in [2.75, 3.05) is 0 Å². The van der Waals surface area contributed by atoms with Crippen LogP contribution >= 0.6 is 95.6 Å². The van der Waals surface area contributed by atoms with Gasteiger partial charge in [-0.2, -0.15) is 0 Å². The van der Waals surface area contributed by atoms with Crippen LogP contribution in [0.3, 0.4) is 0 Å². The monoisotopic (exact) mass is 600 g/mol. The first kappa shape index (κ1) is 15.9. The van der Waals surface area contributed by atoms with Gasteiger partial charge in [0.1, 0.15) is 0 Å². The SMILES string of the molecule is Br/C=c1/cc(C(Br)Br)c(C(Br)Br)c/c1=C/Br. The van der Waals surface area contributed by atoms with Crippen molar-refractivity contribution >= 4 is 106 Å². The summed E-state index contributed by atoms with van der Waals surface area (Å²) in [5.74, 6) is 0. The normalized spacial score (nSPS) is 14.2. The molecule has 6 heteroatoms. The van der Waals surface area contributed by atoms with Gasteiger partial charge < -0.3 is 0 Å². The Balaban J connectivity index is 3.62. The number of alkyl halides is 4. The van der Waals surface area contributed by atoms with Crippen LogP contribution < -0.4 is 10.4 Å². The zero-order chi connectivity index (χ0) is 12.3. The van der Waals surface area contributed by atoms with Gasteiger partial charge in [-0.3, -0.25) is 0 Å². The van der Waals surface area contributed by atoms with Crippen molar-refractivity contribution in [3.63, 3.8) is 0 Å². The fourth-order valence-electron chi connectivity index (χ4n) is 1.24. The molecule has 0 atom stereocenters. The molecule has 0 radical (unpaired) electrons. The summed E-state index contributed by atoms with van der Waals surface area (Å²) in [5, 5.41) is 2.25. The molecule has 0 aliphatic carbocycles. The zero-order valence-corrected chi connectivity index (χ0v) is 17.2. The Morgan fingerprint density at radius 1 is 0.750 bits per heavy atom. The summed E-state index contributed by atoms with van der Waals surface area (Å²) in [7, 11) is 0. The summed E-state index contributed by atoms with van der Waals surface area (Å²) in [6.45, 7) is 0. The van der Waals surface area contributed by atoms with Crippen molar-refractivity contribution in [1.82, 2.24) is 0 Å². The van der Waals surface area contributed by atoms with Gasteiger partial charge in [-0.25, -0.2) is 0 Å². The van der Waals surface area contributed by atoms with Gasteiger partial charge in [0, 0.05) is 0 Å². The van der Waals surface area contributed by atoms with Crippen molar-refractivity contribution in [1.29, 1.82) is 0 Å². The highest BCUT2D eigenvalue weighted by Crippen LogP contribution is 2.38. The molecule has 0 saturated heterocycles. The molecule has 1 rings (SSSR count). The van der Waals surface area contributed by atoms with Gasteiger partial charge in [0.05, 0.1) is 7.47 Å². The minimum atomic E-state index is 0.128. The third kappa shape index (κ3) is 3.92. The highest BCUT2D eigenvalue weighted by atomic mass is 79.9. The molecule has 88 valence electrons. The maximum Gasteiger partial charge on any atom is 0.0950 e. The van der Waals surface area contributed by atoms with E-state index in [1.165, 1.54) is 11.1 Å². The molecule has 0 unspecified atom stereocenters. The molecule has 0 heterocycles. The van der Waals surface area contributed by atoms with Gasteiger partial charge in [-0.05, 0) is 43.7 Å². The lowest BCUT2D eigenvalue weighted by atomic mass is 10.1. The number of benzene rings is 1. The van der Waals surface area contributed by atoms with Crippen LogP contribution in [-0.4, -0.2) is 0 Å². The smallest absolute Gasteiger partial charge is 0.0712 e. The van der Waals surface area contributed by atoms with Crippen molar-refractivity contribution in [2.45, 2.75) is 7.47 Å². The lowest BCUT2D eigenvalue weighted by Crippen LogP contribution is -2.25. The summed E-state index contributed by atoms with van der Waals surface area (Å²) in [6.07, 6.45) is 0. The Bertz CT molecular complexity index is 432. The third-order valence-corrected chi connectivity index (χ3v) is 4.95. The molecular formula is C10H6Br6. The highest BCUT2D eigenvalue weighted by Gasteiger charge is 2.14. The van der Waals surface area contributed by atoms with Gasteiger partial charge in [-0.15, -0.1) is 0 Å². The Morgan fingerprint density at radius 2 is 1.06 bits per heavy atom. The molecule has 16 heavy (non-hydrogen) atoms. The third-order valence-electron chi connectivity index (χ3n) is 1.99. The summed E-state index contributed by atoms with van der Waals surface area (Å²) in [4.78, 5) is 3.82. The van der Waals surface area contributed by atoms with E-state index in [2.05, 4.69) is 108 Å². The fourth-order valence-corrected chi connectivity index (χ4v) is 3.61. The van der Waals surface area contributed by atoms with Crippen molar-refractivity contribution in [3.8, 4) is 0 Å². The second kappa shape index (κ2) is 7.43. The molecule has 0 nitrogen and oxygen atoms in total. The fraction of sp³-hybridized carbons (Fsp3) is 0.200. The minimum Gasteiger partial charge on any atom is -0.0712 e. The minimum absolute atomic E-state index is 0.128. The van der Waals surface area contributed by atoms with Gasteiger partial charge >= 0.3 is 0 Å². The average Bonchev–Trinajstić information content (AvgIpc) is 2.26. The van der Waals surface area contributed by atoms with E-state index in [4.69, 9.17) is 0 Å². The topological polar surface area (TPSA) is 0 Å². The molecule has 0 N–H and O–H groups in total. The van der Waals surface area contributed by atoms with Crippen molar-refractivity contribution in [2.24, 2.45) is 0 Å². The molecule has 0 aliphatic heterocycles. The molecule has 1 aromatic carbocycles. The van der Waals surface area contributed by atoms with Crippen LogP contribution in [0.1, 0.15) is 18.6 Å². The first-order valence-corrected chi connectivity index (χ1v) is 9.61. The molecule has 0 fully saturated rings. The predicted octanol–water partition coefficient (Wildman–Crippen LogP) is 5.53. The molecular weight excluding hydrogens is 600 g/mol. The van der Waals surface area contributed by atoms with E-state index in [1.54, 1.807) is 0 Å². The van der Waals surface area contributed by atoms with Crippen LogP contribution in [0, 0.1) is 0 Å². The van der Waals surface area contributed by atoms with E-state index in [1.807, 2.05) is 9.97 Å². The number of hydrogen-bond acceptors (Lipinski definition) is 0. The number of rotatable bonds is 2. The van der Waals surface area contributed by atoms with E-state index >= 15 is 0 Å². The molecule has 0 bridgehead atoms. The van der Waals surface area contributed by atoms with E-state index in [0.717, 1.165) is 10.4 Å². The Kier molecular flexibility index (Phi) is 7.39. The maximum absolute atomic E-state index is 3.54. The molecule has 0 amide bonds. The number of halogens is 6. The Hall–Kier alpha value is 1.84. The molecule has 0 aromatic heterocycles. The molecule has 0 aliphatic rings. The zero-order valence-electron chi connectivity index (χ0n) is 7.73. The maximum atomic E-state index is 3.54. The predicted molar refractivity (Wildman–Crippen MR) is 93.7 cm³/mol. The standard InChI is InChI=1S/C10H6Br6/c11-3-5-1-7(9(13)14)8(10(15)16)2-6(5)4-12/h1-4,9-10H/b5-3-,6-4-.